The summed E-state index contributed by atoms with van der Waals surface area (Å²) in [6.45, 7) is 0. The van der Waals surface area contributed by atoms with Crippen LogP contribution in [0.1, 0.15) is 11.1 Å². The van der Waals surface area contributed by atoms with Crippen LogP contribution in [0.25, 0.3) is 0 Å². The third-order valence-corrected chi connectivity index (χ3v) is 2.24. The van der Waals surface area contributed by atoms with E-state index < -0.39 is 23.8 Å². The van der Waals surface area contributed by atoms with E-state index in [4.69, 9.17) is 5.73 Å². The molecule has 1 atom stereocenters. The second-order valence-electron chi connectivity index (χ2n) is 3.53. The monoisotopic (exact) mass is 247 g/mol. The van der Waals surface area contributed by atoms with E-state index in [1.54, 1.807) is 0 Å². The molecule has 0 amide bonds. The molecule has 2 N–H and O–H groups in total. The van der Waals surface area contributed by atoms with Crippen LogP contribution in [0.3, 0.4) is 0 Å². The summed E-state index contributed by atoms with van der Waals surface area (Å²) in [5, 5.41) is 0. The van der Waals surface area contributed by atoms with Gasteiger partial charge in [0.2, 0.25) is 0 Å². The lowest BCUT2D eigenvalue weighted by Gasteiger charge is -2.10. The highest BCUT2D eigenvalue weighted by molar-refractivity contribution is 5.75. The molecule has 1 rings (SSSR count). The first-order valence-corrected chi connectivity index (χ1v) is 4.84. The minimum atomic E-state index is -4.36. The topological polar surface area (TPSA) is 52.3 Å². The summed E-state index contributed by atoms with van der Waals surface area (Å²) in [6.07, 6.45) is -4.21. The maximum atomic E-state index is 12.3. The molecule has 0 aliphatic rings. The van der Waals surface area contributed by atoms with Gasteiger partial charge in [-0.25, -0.2) is 0 Å². The highest BCUT2D eigenvalue weighted by Gasteiger charge is 2.30. The third-order valence-electron chi connectivity index (χ3n) is 2.24. The second kappa shape index (κ2) is 5.18. The summed E-state index contributed by atoms with van der Waals surface area (Å²) in [4.78, 5) is 11.0. The number of carbonyl (C=O) groups excluding carboxylic acids is 1. The number of ether oxygens (including phenoxy) is 1. The van der Waals surface area contributed by atoms with E-state index in [9.17, 15) is 18.0 Å². The van der Waals surface area contributed by atoms with E-state index in [0.29, 0.717) is 5.56 Å². The Kier molecular flexibility index (Phi) is 4.11. The van der Waals surface area contributed by atoms with Crippen LogP contribution in [0.4, 0.5) is 13.2 Å². The van der Waals surface area contributed by atoms with Crippen LogP contribution >= 0.6 is 0 Å². The maximum absolute atomic E-state index is 12.3. The molecule has 0 aromatic heterocycles. The normalized spacial score (nSPS) is 13.2. The third kappa shape index (κ3) is 3.74. The predicted octanol–water partition coefficient (Wildman–Crippen LogP) is 1.75. The van der Waals surface area contributed by atoms with Crippen LogP contribution in [0, 0.1) is 0 Å². The van der Waals surface area contributed by atoms with Gasteiger partial charge in [0.1, 0.15) is 6.04 Å². The van der Waals surface area contributed by atoms with Crippen molar-refractivity contribution in [1.82, 2.24) is 0 Å². The van der Waals surface area contributed by atoms with E-state index in [2.05, 4.69) is 4.74 Å². The Balaban J connectivity index is 2.72. The Morgan fingerprint density at radius 1 is 1.35 bits per heavy atom. The summed E-state index contributed by atoms with van der Waals surface area (Å²) in [5.41, 5.74) is 5.31. The zero-order valence-electron chi connectivity index (χ0n) is 9.12. The van der Waals surface area contributed by atoms with Gasteiger partial charge < -0.3 is 10.5 Å². The Hall–Kier alpha value is -1.56. The molecule has 1 aromatic rings. The molecule has 1 aromatic carbocycles. The zero-order valence-corrected chi connectivity index (χ0v) is 9.12. The number of nitrogens with two attached hydrogens (primary N) is 1. The summed E-state index contributed by atoms with van der Waals surface area (Å²) in [7, 11) is 1.20. The van der Waals surface area contributed by atoms with Crippen molar-refractivity contribution in [3.63, 3.8) is 0 Å². The van der Waals surface area contributed by atoms with Crippen molar-refractivity contribution in [1.29, 1.82) is 0 Å². The van der Waals surface area contributed by atoms with E-state index >= 15 is 0 Å². The van der Waals surface area contributed by atoms with Crippen LogP contribution in [0.5, 0.6) is 0 Å². The minimum Gasteiger partial charge on any atom is -0.468 e. The number of hydrogen-bond donors (Lipinski definition) is 1. The van der Waals surface area contributed by atoms with Gasteiger partial charge in [0.05, 0.1) is 12.7 Å². The van der Waals surface area contributed by atoms with E-state index in [1.165, 1.54) is 19.2 Å². The van der Waals surface area contributed by atoms with E-state index in [1.807, 2.05) is 0 Å². The molecule has 0 aliphatic carbocycles. The molecular weight excluding hydrogens is 235 g/mol. The highest BCUT2D eigenvalue weighted by atomic mass is 19.4. The van der Waals surface area contributed by atoms with Gasteiger partial charge >= 0.3 is 12.1 Å². The van der Waals surface area contributed by atoms with Crippen LogP contribution in [-0.2, 0) is 22.1 Å². The first-order chi connectivity index (χ1) is 7.84. The first kappa shape index (κ1) is 13.5. The molecule has 3 nitrogen and oxygen atoms in total. The maximum Gasteiger partial charge on any atom is 0.416 e. The van der Waals surface area contributed by atoms with Crippen molar-refractivity contribution in [3.05, 3.63) is 35.4 Å². The van der Waals surface area contributed by atoms with Gasteiger partial charge in [-0.3, -0.25) is 4.79 Å². The summed E-state index contributed by atoms with van der Waals surface area (Å²) < 4.78 is 41.2. The van der Waals surface area contributed by atoms with Crippen LogP contribution < -0.4 is 5.73 Å². The van der Waals surface area contributed by atoms with Gasteiger partial charge in [0.15, 0.2) is 0 Å². The molecule has 0 aliphatic heterocycles. The molecule has 6 heteroatoms. The molecule has 0 heterocycles. The van der Waals surface area contributed by atoms with Crippen molar-refractivity contribution in [2.24, 2.45) is 5.73 Å². The van der Waals surface area contributed by atoms with Gasteiger partial charge in [-0.1, -0.05) is 12.1 Å². The lowest BCUT2D eigenvalue weighted by molar-refractivity contribution is -0.142. The smallest absolute Gasteiger partial charge is 0.416 e. The van der Waals surface area contributed by atoms with Gasteiger partial charge in [-0.2, -0.15) is 13.2 Å². The molecule has 17 heavy (non-hydrogen) atoms. The van der Waals surface area contributed by atoms with E-state index in [-0.39, 0.29) is 6.42 Å². The number of alkyl halides is 3. The number of rotatable bonds is 3. The van der Waals surface area contributed by atoms with Crippen LogP contribution in [0.2, 0.25) is 0 Å². The fraction of sp³-hybridized carbons (Fsp3) is 0.364. The molecule has 94 valence electrons. The Labute approximate surface area is 96.4 Å². The summed E-state index contributed by atoms with van der Waals surface area (Å²) >= 11 is 0. The van der Waals surface area contributed by atoms with Crippen molar-refractivity contribution >= 4 is 5.97 Å². The van der Waals surface area contributed by atoms with Crippen molar-refractivity contribution in [2.75, 3.05) is 7.11 Å². The predicted molar refractivity (Wildman–Crippen MR) is 55.1 cm³/mol. The van der Waals surface area contributed by atoms with Crippen molar-refractivity contribution < 1.29 is 22.7 Å². The number of hydrogen-bond acceptors (Lipinski definition) is 3. The fourth-order valence-electron chi connectivity index (χ4n) is 1.32. The molecule has 0 fully saturated rings. The second-order valence-corrected chi connectivity index (χ2v) is 3.53. The number of methoxy groups -OCH3 is 1. The molecule has 0 radical (unpaired) electrons. The highest BCUT2D eigenvalue weighted by Crippen LogP contribution is 2.29. The molecule has 0 saturated heterocycles. The standard InChI is InChI=1S/C11H12F3NO2/c1-17-10(16)9(15)6-7-2-4-8(5-3-7)11(12,13)14/h2-5,9H,6,15H2,1H3. The lowest BCUT2D eigenvalue weighted by Crippen LogP contribution is -2.33. The van der Waals surface area contributed by atoms with Gasteiger partial charge in [-0.05, 0) is 24.1 Å². The number of benzene rings is 1. The SMILES string of the molecule is COC(=O)C(N)Cc1ccc(C(F)(F)F)cc1. The Bertz CT molecular complexity index is 387. The Morgan fingerprint density at radius 3 is 2.29 bits per heavy atom. The van der Waals surface area contributed by atoms with Crippen LogP contribution in [-0.4, -0.2) is 19.1 Å². The van der Waals surface area contributed by atoms with Crippen molar-refractivity contribution in [2.45, 2.75) is 18.6 Å². The molecular formula is C11H12F3NO2. The molecule has 1 unspecified atom stereocenters. The summed E-state index contributed by atoms with van der Waals surface area (Å²) in [5.74, 6) is -0.593. The average Bonchev–Trinajstić information content (AvgIpc) is 2.27. The van der Waals surface area contributed by atoms with Crippen LogP contribution in [0.15, 0.2) is 24.3 Å². The zero-order chi connectivity index (χ0) is 13.1. The molecule has 0 saturated carbocycles. The number of halogens is 3. The quantitative estimate of drug-likeness (QED) is 0.828. The van der Waals surface area contributed by atoms with Crippen molar-refractivity contribution in [3.8, 4) is 0 Å². The molecule has 0 bridgehead atoms. The lowest BCUT2D eigenvalue weighted by atomic mass is 10.0. The largest absolute Gasteiger partial charge is 0.468 e. The first-order valence-electron chi connectivity index (χ1n) is 4.84. The van der Waals surface area contributed by atoms with Gasteiger partial charge in [0, 0.05) is 0 Å². The van der Waals surface area contributed by atoms with E-state index in [0.717, 1.165) is 12.1 Å². The number of carbonyl (C=O) groups is 1. The Morgan fingerprint density at radius 2 is 1.88 bits per heavy atom. The fourth-order valence-corrected chi connectivity index (χ4v) is 1.32. The molecule has 0 spiro atoms. The van der Waals surface area contributed by atoms with Gasteiger partial charge in [-0.15, -0.1) is 0 Å². The number of esters is 1. The van der Waals surface area contributed by atoms with Gasteiger partial charge in [0.25, 0.3) is 0 Å². The minimum absolute atomic E-state index is 0.144. The average molecular weight is 247 g/mol. The summed E-state index contributed by atoms with van der Waals surface area (Å²) in [6, 6.07) is 3.65.